The molecular formula is C15H30O. The van der Waals surface area contributed by atoms with Crippen molar-refractivity contribution < 1.29 is 5.11 Å². The molecule has 0 saturated carbocycles. The molecule has 0 amide bonds. The first-order valence-corrected chi connectivity index (χ1v) is 7.19. The van der Waals surface area contributed by atoms with E-state index in [0.717, 1.165) is 25.7 Å². The van der Waals surface area contributed by atoms with Crippen LogP contribution < -0.4 is 0 Å². The Bertz CT molecular complexity index is 161. The lowest BCUT2D eigenvalue weighted by molar-refractivity contribution is 0.377. The average Bonchev–Trinajstić information content (AvgIpc) is 2.30. The van der Waals surface area contributed by atoms with E-state index in [2.05, 4.69) is 13.8 Å². The van der Waals surface area contributed by atoms with Crippen LogP contribution in [0.2, 0.25) is 0 Å². The van der Waals surface area contributed by atoms with Gasteiger partial charge in [-0.1, -0.05) is 65.2 Å². The van der Waals surface area contributed by atoms with Crippen molar-refractivity contribution in [2.45, 2.75) is 84.5 Å². The summed E-state index contributed by atoms with van der Waals surface area (Å²) >= 11 is 0. The molecule has 0 aliphatic rings. The Morgan fingerprint density at radius 2 is 1.38 bits per heavy atom. The fraction of sp³-hybridized carbons (Fsp3) is 0.867. The van der Waals surface area contributed by atoms with Gasteiger partial charge in [-0.2, -0.15) is 0 Å². The van der Waals surface area contributed by atoms with Gasteiger partial charge in [0.2, 0.25) is 0 Å². The molecule has 0 radical (unpaired) electrons. The summed E-state index contributed by atoms with van der Waals surface area (Å²) in [7, 11) is 0. The van der Waals surface area contributed by atoms with Crippen molar-refractivity contribution in [2.75, 3.05) is 0 Å². The number of rotatable bonds is 11. The molecule has 0 rings (SSSR count). The highest BCUT2D eigenvalue weighted by atomic mass is 16.3. The molecule has 16 heavy (non-hydrogen) atoms. The number of allylic oxidation sites excluding steroid dienone is 2. The molecule has 1 N–H and O–H groups in total. The highest BCUT2D eigenvalue weighted by molar-refractivity contribution is 4.89. The lowest BCUT2D eigenvalue weighted by Gasteiger charge is -2.02. The van der Waals surface area contributed by atoms with Gasteiger partial charge in [0.25, 0.3) is 0 Å². The van der Waals surface area contributed by atoms with Gasteiger partial charge in [-0.3, -0.25) is 0 Å². The van der Waals surface area contributed by atoms with Gasteiger partial charge >= 0.3 is 0 Å². The van der Waals surface area contributed by atoms with E-state index >= 15 is 0 Å². The molecule has 0 bridgehead atoms. The van der Waals surface area contributed by atoms with Crippen molar-refractivity contribution in [1.29, 1.82) is 0 Å². The van der Waals surface area contributed by atoms with Crippen LogP contribution >= 0.6 is 0 Å². The summed E-state index contributed by atoms with van der Waals surface area (Å²) < 4.78 is 0. The van der Waals surface area contributed by atoms with E-state index < -0.39 is 0 Å². The molecule has 0 spiro atoms. The third-order valence-electron chi connectivity index (χ3n) is 2.96. The van der Waals surface area contributed by atoms with Crippen LogP contribution in [0.15, 0.2) is 11.8 Å². The highest BCUT2D eigenvalue weighted by Crippen LogP contribution is 2.12. The third-order valence-corrected chi connectivity index (χ3v) is 2.96. The number of hydrogen-bond acceptors (Lipinski definition) is 1. The first kappa shape index (κ1) is 15.5. The van der Waals surface area contributed by atoms with E-state index in [1.807, 2.05) is 6.08 Å². The summed E-state index contributed by atoms with van der Waals surface area (Å²) in [5.74, 6) is 0.604. The van der Waals surface area contributed by atoms with E-state index in [0.29, 0.717) is 5.76 Å². The van der Waals surface area contributed by atoms with Crippen LogP contribution in [0.3, 0.4) is 0 Å². The average molecular weight is 226 g/mol. The molecule has 0 aromatic rings. The van der Waals surface area contributed by atoms with Crippen molar-refractivity contribution in [1.82, 2.24) is 0 Å². The van der Waals surface area contributed by atoms with Crippen molar-refractivity contribution >= 4 is 0 Å². The molecule has 1 heteroatoms. The molecule has 0 fully saturated rings. The predicted octanol–water partition coefficient (Wildman–Crippen LogP) is 5.76. The monoisotopic (exact) mass is 226 g/mol. The maximum atomic E-state index is 9.51. The maximum Gasteiger partial charge on any atom is 0.0882 e. The molecule has 0 saturated heterocycles. The Morgan fingerprint density at radius 3 is 1.94 bits per heavy atom. The minimum absolute atomic E-state index is 0.604. The van der Waals surface area contributed by atoms with E-state index in [9.17, 15) is 5.11 Å². The fourth-order valence-electron chi connectivity index (χ4n) is 1.85. The quantitative estimate of drug-likeness (QED) is 0.351. The summed E-state index contributed by atoms with van der Waals surface area (Å²) in [6.07, 6.45) is 15.7. The van der Waals surface area contributed by atoms with Crippen molar-refractivity contribution in [3.8, 4) is 0 Å². The zero-order chi connectivity index (χ0) is 12.1. The summed E-state index contributed by atoms with van der Waals surface area (Å²) in [5, 5.41) is 9.51. The van der Waals surface area contributed by atoms with Gasteiger partial charge in [0.1, 0.15) is 0 Å². The van der Waals surface area contributed by atoms with Crippen LogP contribution in [0.5, 0.6) is 0 Å². The van der Waals surface area contributed by atoms with Crippen molar-refractivity contribution in [2.24, 2.45) is 0 Å². The Morgan fingerprint density at radius 1 is 0.812 bits per heavy atom. The first-order chi connectivity index (χ1) is 7.81. The molecule has 0 unspecified atom stereocenters. The predicted molar refractivity (Wildman–Crippen MR) is 72.8 cm³/mol. The summed E-state index contributed by atoms with van der Waals surface area (Å²) in [4.78, 5) is 0. The lowest BCUT2D eigenvalue weighted by Crippen LogP contribution is -1.84. The maximum absolute atomic E-state index is 9.51. The Hall–Kier alpha value is -0.460. The highest BCUT2D eigenvalue weighted by Gasteiger charge is 1.94. The molecule has 1 nitrogen and oxygen atoms in total. The van der Waals surface area contributed by atoms with Crippen molar-refractivity contribution in [3.05, 3.63) is 11.8 Å². The van der Waals surface area contributed by atoms with E-state index in [4.69, 9.17) is 0 Å². The third kappa shape index (κ3) is 11.6. The standard InChI is InChI=1S/C15H30O/c1-3-5-7-8-9-10-11-12-14-15(16)13-6-4-2/h13,16H,3-12,14H2,1-2H3. The van der Waals surface area contributed by atoms with Gasteiger partial charge in [0.15, 0.2) is 0 Å². The minimum Gasteiger partial charge on any atom is -0.513 e. The molecule has 0 aliphatic carbocycles. The Labute approximate surface area is 102 Å². The summed E-state index contributed by atoms with van der Waals surface area (Å²) in [6, 6.07) is 0. The molecule has 0 atom stereocenters. The van der Waals surface area contributed by atoms with Gasteiger partial charge < -0.3 is 5.11 Å². The van der Waals surface area contributed by atoms with Crippen LogP contribution in [0.25, 0.3) is 0 Å². The molecular weight excluding hydrogens is 196 g/mol. The smallest absolute Gasteiger partial charge is 0.0882 e. The van der Waals surface area contributed by atoms with Gasteiger partial charge in [-0.25, -0.2) is 0 Å². The van der Waals surface area contributed by atoms with Gasteiger partial charge in [0.05, 0.1) is 5.76 Å². The van der Waals surface area contributed by atoms with Crippen LogP contribution in [0.1, 0.15) is 84.5 Å². The fourth-order valence-corrected chi connectivity index (χ4v) is 1.85. The van der Waals surface area contributed by atoms with Crippen molar-refractivity contribution in [3.63, 3.8) is 0 Å². The number of hydrogen-bond donors (Lipinski definition) is 1. The first-order valence-electron chi connectivity index (χ1n) is 7.19. The van der Waals surface area contributed by atoms with Crippen LogP contribution in [-0.4, -0.2) is 5.11 Å². The summed E-state index contributed by atoms with van der Waals surface area (Å²) in [6.45, 7) is 4.39. The number of aliphatic hydroxyl groups is 1. The number of unbranched alkanes of at least 4 members (excludes halogenated alkanes) is 8. The van der Waals surface area contributed by atoms with Crippen LogP contribution in [0.4, 0.5) is 0 Å². The summed E-state index contributed by atoms with van der Waals surface area (Å²) in [5.41, 5.74) is 0. The second kappa shape index (κ2) is 12.6. The van der Waals surface area contributed by atoms with E-state index in [1.165, 1.54) is 44.9 Å². The van der Waals surface area contributed by atoms with Crippen LogP contribution in [-0.2, 0) is 0 Å². The zero-order valence-electron chi connectivity index (χ0n) is 11.3. The number of aliphatic hydroxyl groups excluding tert-OH is 1. The molecule has 0 heterocycles. The molecule has 96 valence electrons. The van der Waals surface area contributed by atoms with E-state index in [-0.39, 0.29) is 0 Å². The van der Waals surface area contributed by atoms with Gasteiger partial charge in [-0.15, -0.1) is 0 Å². The molecule has 0 aliphatic heterocycles. The second-order valence-corrected chi connectivity index (χ2v) is 4.71. The molecule has 0 aromatic heterocycles. The lowest BCUT2D eigenvalue weighted by atomic mass is 10.1. The Balaban J connectivity index is 3.14. The van der Waals surface area contributed by atoms with Crippen LogP contribution in [0, 0.1) is 0 Å². The second-order valence-electron chi connectivity index (χ2n) is 4.71. The SMILES string of the molecule is CCCC=C(O)CCCCCCCCCC. The largest absolute Gasteiger partial charge is 0.513 e. The topological polar surface area (TPSA) is 20.2 Å². The Kier molecular flexibility index (Phi) is 12.2. The van der Waals surface area contributed by atoms with Gasteiger partial charge in [0, 0.05) is 6.42 Å². The molecule has 0 aromatic carbocycles. The zero-order valence-corrected chi connectivity index (χ0v) is 11.3. The van der Waals surface area contributed by atoms with E-state index in [1.54, 1.807) is 0 Å². The minimum atomic E-state index is 0.604. The normalized spacial score (nSPS) is 12.0. The van der Waals surface area contributed by atoms with Gasteiger partial charge in [-0.05, 0) is 18.9 Å².